The summed E-state index contributed by atoms with van der Waals surface area (Å²) >= 11 is 0. The smallest absolute Gasteiger partial charge is 0.258 e. The van der Waals surface area contributed by atoms with Crippen LogP contribution in [0.4, 0.5) is 5.69 Å². The lowest BCUT2D eigenvalue weighted by molar-refractivity contribution is 0.0996. The lowest BCUT2D eigenvalue weighted by atomic mass is 10.2. The van der Waals surface area contributed by atoms with Gasteiger partial charge in [-0.1, -0.05) is 6.07 Å². The summed E-state index contributed by atoms with van der Waals surface area (Å²) in [5.41, 5.74) is 6.40. The van der Waals surface area contributed by atoms with E-state index in [1.165, 1.54) is 18.6 Å². The van der Waals surface area contributed by atoms with E-state index < -0.39 is 5.91 Å². The van der Waals surface area contributed by atoms with E-state index in [2.05, 4.69) is 5.32 Å². The van der Waals surface area contributed by atoms with Gasteiger partial charge in [0, 0.05) is 11.3 Å². The molecule has 1 heterocycles. The summed E-state index contributed by atoms with van der Waals surface area (Å²) in [5.74, 6) is -0.843. The van der Waals surface area contributed by atoms with Crippen molar-refractivity contribution in [2.45, 2.75) is 0 Å². The number of carbonyl (C=O) groups excluding carboxylic acids is 2. The number of hydrogen-bond donors (Lipinski definition) is 2. The molecule has 0 saturated heterocycles. The molecule has 86 valence electrons. The van der Waals surface area contributed by atoms with Crippen LogP contribution in [0, 0.1) is 0 Å². The van der Waals surface area contributed by atoms with E-state index in [1.54, 1.807) is 24.3 Å². The zero-order chi connectivity index (χ0) is 12.3. The Morgan fingerprint density at radius 3 is 2.65 bits per heavy atom. The van der Waals surface area contributed by atoms with E-state index in [0.29, 0.717) is 16.8 Å². The topological polar surface area (TPSA) is 85.3 Å². The highest BCUT2D eigenvalue weighted by Crippen LogP contribution is 2.12. The third-order valence-electron chi connectivity index (χ3n) is 2.19. The van der Waals surface area contributed by atoms with Gasteiger partial charge in [0.05, 0.1) is 11.8 Å². The molecule has 0 fully saturated rings. The molecule has 1 aromatic heterocycles. The Balaban J connectivity index is 2.16. The second-order valence-electron chi connectivity index (χ2n) is 3.41. The highest BCUT2D eigenvalue weighted by atomic mass is 16.3. The first kappa shape index (κ1) is 10.9. The molecule has 0 atom stereocenters. The predicted molar refractivity (Wildman–Crippen MR) is 61.6 cm³/mol. The zero-order valence-electron chi connectivity index (χ0n) is 8.84. The molecular formula is C12H10N2O3. The first-order valence-corrected chi connectivity index (χ1v) is 4.90. The fraction of sp³-hybridized carbons (Fsp3) is 0. The van der Waals surface area contributed by atoms with E-state index in [9.17, 15) is 9.59 Å². The highest BCUT2D eigenvalue weighted by molar-refractivity contribution is 6.04. The molecule has 0 unspecified atom stereocenters. The van der Waals surface area contributed by atoms with Gasteiger partial charge in [0.2, 0.25) is 5.91 Å². The third-order valence-corrected chi connectivity index (χ3v) is 2.19. The number of primary amides is 1. The van der Waals surface area contributed by atoms with Gasteiger partial charge in [0.1, 0.15) is 6.26 Å². The molecule has 2 rings (SSSR count). The van der Waals surface area contributed by atoms with Gasteiger partial charge in [0.25, 0.3) is 5.91 Å². The second-order valence-corrected chi connectivity index (χ2v) is 3.41. The Hall–Kier alpha value is -2.56. The molecule has 2 amide bonds. The van der Waals surface area contributed by atoms with Crippen molar-refractivity contribution in [2.24, 2.45) is 5.73 Å². The Bertz CT molecular complexity index is 547. The minimum atomic E-state index is -0.538. The number of carbonyl (C=O) groups is 2. The van der Waals surface area contributed by atoms with Gasteiger partial charge in [-0.15, -0.1) is 0 Å². The number of rotatable bonds is 3. The van der Waals surface area contributed by atoms with Crippen molar-refractivity contribution in [3.05, 3.63) is 54.0 Å². The molecule has 2 aromatic rings. The second kappa shape index (κ2) is 4.52. The summed E-state index contributed by atoms with van der Waals surface area (Å²) in [6.45, 7) is 0. The summed E-state index contributed by atoms with van der Waals surface area (Å²) in [6, 6.07) is 7.96. The lowest BCUT2D eigenvalue weighted by Gasteiger charge is -2.04. The number of anilines is 1. The lowest BCUT2D eigenvalue weighted by Crippen LogP contribution is -2.13. The van der Waals surface area contributed by atoms with Crippen molar-refractivity contribution in [1.29, 1.82) is 0 Å². The molecule has 0 bridgehead atoms. The summed E-state index contributed by atoms with van der Waals surface area (Å²) in [7, 11) is 0. The minimum absolute atomic E-state index is 0.305. The molecule has 17 heavy (non-hydrogen) atoms. The number of amides is 2. The van der Waals surface area contributed by atoms with Gasteiger partial charge in [-0.25, -0.2) is 0 Å². The van der Waals surface area contributed by atoms with E-state index in [-0.39, 0.29) is 5.91 Å². The summed E-state index contributed by atoms with van der Waals surface area (Å²) in [5, 5.41) is 2.63. The van der Waals surface area contributed by atoms with Crippen molar-refractivity contribution in [3.8, 4) is 0 Å². The van der Waals surface area contributed by atoms with Crippen molar-refractivity contribution < 1.29 is 14.0 Å². The van der Waals surface area contributed by atoms with Crippen LogP contribution in [0.2, 0.25) is 0 Å². The molecule has 0 spiro atoms. The maximum Gasteiger partial charge on any atom is 0.258 e. The third kappa shape index (κ3) is 2.52. The Morgan fingerprint density at radius 2 is 2.00 bits per heavy atom. The van der Waals surface area contributed by atoms with Crippen molar-refractivity contribution >= 4 is 17.5 Å². The maximum atomic E-state index is 11.7. The van der Waals surface area contributed by atoms with Gasteiger partial charge >= 0.3 is 0 Å². The van der Waals surface area contributed by atoms with Gasteiger partial charge in [-0.2, -0.15) is 0 Å². The van der Waals surface area contributed by atoms with Crippen LogP contribution in [0.25, 0.3) is 0 Å². The number of benzene rings is 1. The monoisotopic (exact) mass is 230 g/mol. The van der Waals surface area contributed by atoms with Crippen LogP contribution >= 0.6 is 0 Å². The Kier molecular flexibility index (Phi) is 2.91. The Labute approximate surface area is 97.2 Å². The minimum Gasteiger partial charge on any atom is -0.472 e. The number of nitrogens with one attached hydrogen (secondary N) is 1. The first-order valence-electron chi connectivity index (χ1n) is 4.90. The SMILES string of the molecule is NC(=O)c1cccc(NC(=O)c2ccoc2)c1. The molecular weight excluding hydrogens is 220 g/mol. The Morgan fingerprint density at radius 1 is 1.18 bits per heavy atom. The van der Waals surface area contributed by atoms with Gasteiger partial charge in [0.15, 0.2) is 0 Å². The van der Waals surface area contributed by atoms with Crippen molar-refractivity contribution in [1.82, 2.24) is 0 Å². The van der Waals surface area contributed by atoms with Crippen LogP contribution in [0.3, 0.4) is 0 Å². The molecule has 5 nitrogen and oxygen atoms in total. The van der Waals surface area contributed by atoms with Crippen LogP contribution < -0.4 is 11.1 Å². The van der Waals surface area contributed by atoms with E-state index in [4.69, 9.17) is 10.2 Å². The van der Waals surface area contributed by atoms with E-state index in [0.717, 1.165) is 0 Å². The average Bonchev–Trinajstić information content (AvgIpc) is 2.82. The fourth-order valence-electron chi connectivity index (χ4n) is 1.35. The molecule has 0 radical (unpaired) electrons. The molecule has 0 aliphatic heterocycles. The fourth-order valence-corrected chi connectivity index (χ4v) is 1.35. The van der Waals surface area contributed by atoms with E-state index >= 15 is 0 Å². The van der Waals surface area contributed by atoms with E-state index in [1.807, 2.05) is 0 Å². The van der Waals surface area contributed by atoms with Crippen molar-refractivity contribution in [2.75, 3.05) is 5.32 Å². The number of furan rings is 1. The van der Waals surface area contributed by atoms with Gasteiger partial charge in [-0.3, -0.25) is 9.59 Å². The summed E-state index contributed by atoms with van der Waals surface area (Å²) in [4.78, 5) is 22.6. The summed E-state index contributed by atoms with van der Waals surface area (Å²) in [6.07, 6.45) is 2.75. The predicted octanol–water partition coefficient (Wildman–Crippen LogP) is 1.63. The molecule has 0 aliphatic rings. The standard InChI is InChI=1S/C12H10N2O3/c13-11(15)8-2-1-3-10(6-8)14-12(16)9-4-5-17-7-9/h1-7H,(H2,13,15)(H,14,16). The van der Waals surface area contributed by atoms with Crippen LogP contribution in [0.15, 0.2) is 47.3 Å². The van der Waals surface area contributed by atoms with Crippen LogP contribution in [0.1, 0.15) is 20.7 Å². The molecule has 1 aromatic carbocycles. The quantitative estimate of drug-likeness (QED) is 0.840. The van der Waals surface area contributed by atoms with Gasteiger partial charge < -0.3 is 15.5 Å². The normalized spacial score (nSPS) is 9.88. The van der Waals surface area contributed by atoms with Crippen LogP contribution in [0.5, 0.6) is 0 Å². The van der Waals surface area contributed by atoms with Gasteiger partial charge in [-0.05, 0) is 24.3 Å². The average molecular weight is 230 g/mol. The van der Waals surface area contributed by atoms with Crippen LogP contribution in [-0.4, -0.2) is 11.8 Å². The molecule has 3 N–H and O–H groups in total. The van der Waals surface area contributed by atoms with Crippen LogP contribution in [-0.2, 0) is 0 Å². The number of nitrogens with two attached hydrogens (primary N) is 1. The molecule has 0 saturated carbocycles. The zero-order valence-corrected chi connectivity index (χ0v) is 8.84. The van der Waals surface area contributed by atoms with Crippen molar-refractivity contribution in [3.63, 3.8) is 0 Å². The summed E-state index contributed by atoms with van der Waals surface area (Å²) < 4.78 is 4.80. The first-order chi connectivity index (χ1) is 8.16. The highest BCUT2D eigenvalue weighted by Gasteiger charge is 2.08. The molecule has 5 heteroatoms. The largest absolute Gasteiger partial charge is 0.472 e. The maximum absolute atomic E-state index is 11.7. The molecule has 0 aliphatic carbocycles. The number of hydrogen-bond acceptors (Lipinski definition) is 3.